The van der Waals surface area contributed by atoms with E-state index in [1.54, 1.807) is 13.0 Å². The Kier molecular flexibility index (Phi) is 3.24. The molecule has 1 aliphatic heterocycles. The Labute approximate surface area is 109 Å². The van der Waals surface area contributed by atoms with Crippen molar-refractivity contribution in [2.75, 3.05) is 11.4 Å². The van der Waals surface area contributed by atoms with Crippen LogP contribution < -0.4 is 4.90 Å². The summed E-state index contributed by atoms with van der Waals surface area (Å²) in [5, 5.41) is 7.66. The van der Waals surface area contributed by atoms with E-state index >= 15 is 0 Å². The number of halogens is 1. The second kappa shape index (κ2) is 4.59. The molecule has 1 aromatic heterocycles. The largest absolute Gasteiger partial charge is 0.307 e. The second-order valence-electron chi connectivity index (χ2n) is 4.24. The monoisotopic (exact) mass is 283 g/mol. The maximum Gasteiger partial charge on any atom is 0.307 e. The van der Waals surface area contributed by atoms with Crippen LogP contribution in [0.15, 0.2) is 12.3 Å². The van der Waals surface area contributed by atoms with Gasteiger partial charge in [0.05, 0.1) is 5.56 Å². The number of pyridine rings is 1. The van der Waals surface area contributed by atoms with Crippen molar-refractivity contribution in [2.24, 2.45) is 0 Å². The molecular weight excluding hydrogens is 273 g/mol. The van der Waals surface area contributed by atoms with Gasteiger partial charge in [-0.05, 0) is 18.6 Å². The Balaban J connectivity index is 2.43. The van der Waals surface area contributed by atoms with Crippen molar-refractivity contribution in [2.45, 2.75) is 18.6 Å². The third-order valence-electron chi connectivity index (χ3n) is 2.99. The van der Waals surface area contributed by atoms with Gasteiger partial charge in [-0.3, -0.25) is 9.69 Å². The molecule has 1 amide bonds. The number of anilines is 1. The normalized spacial score (nSPS) is 19.5. The highest BCUT2D eigenvalue weighted by Gasteiger charge is 2.40. The zero-order valence-electron chi connectivity index (χ0n) is 10.00. The van der Waals surface area contributed by atoms with Crippen LogP contribution in [0.3, 0.4) is 0 Å². The molecule has 2 heterocycles. The summed E-state index contributed by atoms with van der Waals surface area (Å²) in [7, 11) is -4.78. The number of hydrogen-bond donors (Lipinski definition) is 0. The smallest absolute Gasteiger partial charge is 0.294 e. The molecule has 6 nitrogen and oxygen atoms in total. The molecule has 1 fully saturated rings. The molecule has 1 aromatic rings. The molecular formula is C11H10FN3O3S. The quantitative estimate of drug-likeness (QED) is 0.744. The first kappa shape index (κ1) is 13.4. The lowest BCUT2D eigenvalue weighted by atomic mass is 10.1. The van der Waals surface area contributed by atoms with Gasteiger partial charge in [-0.15, -0.1) is 3.89 Å². The van der Waals surface area contributed by atoms with Gasteiger partial charge >= 0.3 is 10.2 Å². The van der Waals surface area contributed by atoms with Crippen LogP contribution in [0.1, 0.15) is 17.5 Å². The summed E-state index contributed by atoms with van der Waals surface area (Å²) in [4.78, 5) is 16.7. The summed E-state index contributed by atoms with van der Waals surface area (Å²) < 4.78 is 34.6. The topological polar surface area (TPSA) is 91.1 Å². The first-order chi connectivity index (χ1) is 8.84. The average Bonchev–Trinajstić information content (AvgIpc) is 2.70. The van der Waals surface area contributed by atoms with Crippen molar-refractivity contribution >= 4 is 21.9 Å². The summed E-state index contributed by atoms with van der Waals surface area (Å²) in [6.45, 7) is 1.36. The van der Waals surface area contributed by atoms with E-state index in [-0.39, 0.29) is 17.9 Å². The van der Waals surface area contributed by atoms with Crippen LogP contribution in [-0.4, -0.2) is 31.1 Å². The number of carbonyl (C=O) groups is 1. The van der Waals surface area contributed by atoms with Crippen molar-refractivity contribution < 1.29 is 17.1 Å². The van der Waals surface area contributed by atoms with Gasteiger partial charge in [0, 0.05) is 19.2 Å². The van der Waals surface area contributed by atoms with Gasteiger partial charge in [0.1, 0.15) is 11.3 Å². The second-order valence-corrected chi connectivity index (χ2v) is 5.86. The molecule has 1 atom stereocenters. The van der Waals surface area contributed by atoms with Gasteiger partial charge in [-0.25, -0.2) is 4.98 Å². The highest BCUT2D eigenvalue weighted by Crippen LogP contribution is 2.27. The van der Waals surface area contributed by atoms with Crippen molar-refractivity contribution in [1.82, 2.24) is 4.98 Å². The molecule has 1 saturated heterocycles. The molecule has 0 N–H and O–H groups in total. The molecule has 100 valence electrons. The van der Waals surface area contributed by atoms with Gasteiger partial charge in [-0.2, -0.15) is 13.7 Å². The number of nitriles is 1. The van der Waals surface area contributed by atoms with Crippen molar-refractivity contribution in [3.05, 3.63) is 23.4 Å². The van der Waals surface area contributed by atoms with E-state index in [0.29, 0.717) is 5.56 Å². The fourth-order valence-corrected chi connectivity index (χ4v) is 2.62. The van der Waals surface area contributed by atoms with Crippen LogP contribution in [0.5, 0.6) is 0 Å². The Morgan fingerprint density at radius 3 is 2.79 bits per heavy atom. The predicted octanol–water partition coefficient (Wildman–Crippen LogP) is 0.666. The number of rotatable bonds is 2. The predicted molar refractivity (Wildman–Crippen MR) is 64.5 cm³/mol. The third-order valence-corrected chi connectivity index (χ3v) is 4.11. The van der Waals surface area contributed by atoms with E-state index in [1.807, 2.05) is 6.07 Å². The van der Waals surface area contributed by atoms with E-state index in [9.17, 15) is 17.1 Å². The molecule has 2 rings (SSSR count). The molecule has 1 aliphatic rings. The molecule has 1 unspecified atom stereocenters. The van der Waals surface area contributed by atoms with E-state index in [0.717, 1.165) is 4.90 Å². The standard InChI is InChI=1S/C11H10FN3O3S/c1-7-2-3-14-11(9(7)5-13)15-6-8(4-10(15)16)19(12,17)18/h2-3,8H,4,6H2,1H3. The minimum Gasteiger partial charge on any atom is -0.294 e. The fourth-order valence-electron chi connectivity index (χ4n) is 1.95. The molecule has 0 aromatic carbocycles. The van der Waals surface area contributed by atoms with Crippen LogP contribution in [0.2, 0.25) is 0 Å². The van der Waals surface area contributed by atoms with Crippen LogP contribution in [-0.2, 0) is 15.0 Å². The van der Waals surface area contributed by atoms with E-state index < -0.39 is 27.8 Å². The number of nitrogens with zero attached hydrogens (tertiary/aromatic N) is 3. The van der Waals surface area contributed by atoms with Gasteiger partial charge in [0.15, 0.2) is 5.82 Å². The number of aryl methyl sites for hydroxylation is 1. The summed E-state index contributed by atoms with van der Waals surface area (Å²) in [5.74, 6) is -0.473. The first-order valence-corrected chi connectivity index (χ1v) is 6.89. The molecule has 0 spiro atoms. The zero-order valence-corrected chi connectivity index (χ0v) is 10.8. The van der Waals surface area contributed by atoms with Crippen LogP contribution in [0.4, 0.5) is 9.70 Å². The minimum atomic E-state index is -4.78. The summed E-state index contributed by atoms with van der Waals surface area (Å²) in [6, 6.07) is 3.52. The minimum absolute atomic E-state index is 0.0821. The molecule has 0 aliphatic carbocycles. The van der Waals surface area contributed by atoms with Gasteiger partial charge in [0.2, 0.25) is 5.91 Å². The van der Waals surface area contributed by atoms with Crippen LogP contribution >= 0.6 is 0 Å². The summed E-state index contributed by atoms with van der Waals surface area (Å²) in [5.41, 5.74) is 0.805. The maximum absolute atomic E-state index is 12.9. The lowest BCUT2D eigenvalue weighted by Crippen LogP contribution is -2.28. The van der Waals surface area contributed by atoms with Gasteiger partial charge in [0.25, 0.3) is 0 Å². The van der Waals surface area contributed by atoms with Crippen LogP contribution in [0, 0.1) is 18.3 Å². The lowest BCUT2D eigenvalue weighted by molar-refractivity contribution is -0.117. The molecule has 0 bridgehead atoms. The van der Waals surface area contributed by atoms with Crippen molar-refractivity contribution in [3.63, 3.8) is 0 Å². The molecule has 19 heavy (non-hydrogen) atoms. The van der Waals surface area contributed by atoms with E-state index in [1.165, 1.54) is 6.20 Å². The number of carbonyl (C=O) groups excluding carboxylic acids is 1. The summed E-state index contributed by atoms with van der Waals surface area (Å²) >= 11 is 0. The molecule has 8 heteroatoms. The third kappa shape index (κ3) is 2.42. The van der Waals surface area contributed by atoms with Gasteiger partial charge < -0.3 is 0 Å². The number of aromatic nitrogens is 1. The van der Waals surface area contributed by atoms with Gasteiger partial charge in [-0.1, -0.05) is 0 Å². The van der Waals surface area contributed by atoms with Crippen molar-refractivity contribution in [3.8, 4) is 6.07 Å². The van der Waals surface area contributed by atoms with Crippen molar-refractivity contribution in [1.29, 1.82) is 5.26 Å². The Morgan fingerprint density at radius 2 is 2.26 bits per heavy atom. The zero-order chi connectivity index (χ0) is 14.2. The number of hydrogen-bond acceptors (Lipinski definition) is 5. The first-order valence-electron chi connectivity index (χ1n) is 5.44. The Bertz CT molecular complexity index is 681. The van der Waals surface area contributed by atoms with E-state index in [2.05, 4.69) is 4.98 Å². The number of amides is 1. The highest BCUT2D eigenvalue weighted by atomic mass is 32.3. The van der Waals surface area contributed by atoms with E-state index in [4.69, 9.17) is 5.26 Å². The molecule has 0 radical (unpaired) electrons. The fraction of sp³-hybridized carbons (Fsp3) is 0.364. The summed E-state index contributed by atoms with van der Waals surface area (Å²) in [6.07, 6.45) is 0.982. The SMILES string of the molecule is Cc1ccnc(N2CC(S(=O)(=O)F)CC2=O)c1C#N. The molecule has 0 saturated carbocycles. The lowest BCUT2D eigenvalue weighted by Gasteiger charge is -2.16. The maximum atomic E-state index is 12.9. The highest BCUT2D eigenvalue weighted by molar-refractivity contribution is 7.87. The Hall–Kier alpha value is -2.01. The van der Waals surface area contributed by atoms with Crippen LogP contribution in [0.25, 0.3) is 0 Å². The Morgan fingerprint density at radius 1 is 1.58 bits per heavy atom. The average molecular weight is 283 g/mol.